The third-order valence-corrected chi connectivity index (χ3v) is 6.14. The van der Waals surface area contributed by atoms with E-state index in [1.807, 2.05) is 0 Å². The van der Waals surface area contributed by atoms with Crippen LogP contribution in [0.4, 0.5) is 13.2 Å². The van der Waals surface area contributed by atoms with Gasteiger partial charge in [-0.2, -0.15) is 18.2 Å². The Kier molecular flexibility index (Phi) is 7.03. The van der Waals surface area contributed by atoms with Crippen molar-refractivity contribution in [2.24, 2.45) is 4.99 Å². The molecule has 0 bridgehead atoms. The summed E-state index contributed by atoms with van der Waals surface area (Å²) in [5.74, 6) is -2.13. The van der Waals surface area contributed by atoms with Gasteiger partial charge < -0.3 is 9.30 Å². The predicted octanol–water partition coefficient (Wildman–Crippen LogP) is 4.63. The Morgan fingerprint density at radius 3 is 2.38 bits per heavy atom. The fraction of sp³-hybridized carbons (Fsp3) is 0.138. The molecule has 0 fully saturated rings. The molecule has 0 aliphatic rings. The summed E-state index contributed by atoms with van der Waals surface area (Å²) in [7, 11) is 0. The average molecular weight is 547 g/mol. The Balaban J connectivity index is 1.90. The molecule has 0 saturated carbocycles. The lowest BCUT2D eigenvalue weighted by molar-refractivity contribution is -0.137. The lowest BCUT2D eigenvalue weighted by Gasteiger charge is -2.16. The molecule has 0 aliphatic heterocycles. The van der Waals surface area contributed by atoms with Crippen molar-refractivity contribution in [2.75, 3.05) is 6.61 Å². The molecule has 0 aliphatic carbocycles. The summed E-state index contributed by atoms with van der Waals surface area (Å²) in [5, 5.41) is 0.0322. The summed E-state index contributed by atoms with van der Waals surface area (Å²) >= 11 is 0. The fourth-order valence-corrected chi connectivity index (χ4v) is 4.35. The molecule has 5 aromatic rings. The zero-order valence-corrected chi connectivity index (χ0v) is 21.1. The standard InChI is InChI=1S/C29H21F3N4O4/c1-2-40-28(39)21-16-20-24(33-23-14-8-9-15-35(23)27(20)38)36(17-18-10-4-3-5-11-18)25(21)34-26(37)19-12-6-7-13-22(19)29(30,31)32/h3-16H,2,17H2,1H3. The van der Waals surface area contributed by atoms with Gasteiger partial charge in [0.25, 0.3) is 11.5 Å². The normalized spacial score (nSPS) is 12.2. The zero-order chi connectivity index (χ0) is 28.4. The second-order valence-electron chi connectivity index (χ2n) is 8.72. The molecule has 0 radical (unpaired) electrons. The van der Waals surface area contributed by atoms with Crippen molar-refractivity contribution < 1.29 is 27.5 Å². The Morgan fingerprint density at radius 2 is 1.65 bits per heavy atom. The van der Waals surface area contributed by atoms with Gasteiger partial charge in [-0.25, -0.2) is 9.78 Å². The maximum absolute atomic E-state index is 13.7. The smallest absolute Gasteiger partial charge is 0.417 e. The molecule has 0 N–H and O–H groups in total. The number of ether oxygens (including phenoxy) is 1. The van der Waals surface area contributed by atoms with E-state index in [1.54, 1.807) is 55.5 Å². The molecule has 5 rings (SSSR count). The lowest BCUT2D eigenvalue weighted by atomic mass is 10.1. The van der Waals surface area contributed by atoms with Gasteiger partial charge in [0.1, 0.15) is 16.9 Å². The van der Waals surface area contributed by atoms with Crippen molar-refractivity contribution in [3.63, 3.8) is 0 Å². The number of pyridine rings is 2. The molecule has 3 aromatic heterocycles. The summed E-state index contributed by atoms with van der Waals surface area (Å²) in [5.41, 5.74) is -1.84. The Morgan fingerprint density at radius 1 is 0.950 bits per heavy atom. The van der Waals surface area contributed by atoms with E-state index in [9.17, 15) is 27.6 Å². The summed E-state index contributed by atoms with van der Waals surface area (Å²) in [6.45, 7) is 1.53. The van der Waals surface area contributed by atoms with Gasteiger partial charge >= 0.3 is 12.1 Å². The quantitative estimate of drug-likeness (QED) is 0.237. The van der Waals surface area contributed by atoms with Crippen LogP contribution in [0.1, 0.15) is 38.8 Å². The first-order chi connectivity index (χ1) is 19.2. The summed E-state index contributed by atoms with van der Waals surface area (Å²) in [6, 6.07) is 19.3. The number of hydrogen-bond donors (Lipinski definition) is 0. The van der Waals surface area contributed by atoms with Gasteiger partial charge in [-0.15, -0.1) is 0 Å². The van der Waals surface area contributed by atoms with E-state index in [1.165, 1.54) is 27.3 Å². The number of hydrogen-bond acceptors (Lipinski definition) is 5. The van der Waals surface area contributed by atoms with Crippen molar-refractivity contribution in [1.29, 1.82) is 0 Å². The molecule has 0 spiro atoms. The molecule has 11 heteroatoms. The Hall–Kier alpha value is -5.06. The van der Waals surface area contributed by atoms with Crippen LogP contribution in [0.15, 0.2) is 94.8 Å². The second kappa shape index (κ2) is 10.6. The molecular formula is C29H21F3N4O4. The Bertz CT molecular complexity index is 1890. The van der Waals surface area contributed by atoms with Gasteiger partial charge in [0, 0.05) is 6.20 Å². The first-order valence-corrected chi connectivity index (χ1v) is 12.2. The van der Waals surface area contributed by atoms with E-state index in [-0.39, 0.29) is 40.9 Å². The molecule has 202 valence electrons. The second-order valence-corrected chi connectivity index (χ2v) is 8.72. The number of aromatic nitrogens is 3. The van der Waals surface area contributed by atoms with Crippen molar-refractivity contribution in [3.05, 3.63) is 123 Å². The summed E-state index contributed by atoms with van der Waals surface area (Å²) < 4.78 is 49.0. The number of rotatable bonds is 5. The number of carbonyl (C=O) groups is 2. The molecular weight excluding hydrogens is 525 g/mol. The molecule has 0 atom stereocenters. The number of carbonyl (C=O) groups excluding carboxylic acids is 2. The largest absolute Gasteiger partial charge is 0.462 e. The van der Waals surface area contributed by atoms with Crippen molar-refractivity contribution >= 4 is 28.6 Å². The lowest BCUT2D eigenvalue weighted by Crippen LogP contribution is -2.33. The Labute approximate surface area is 224 Å². The van der Waals surface area contributed by atoms with Crippen LogP contribution in [0.5, 0.6) is 0 Å². The van der Waals surface area contributed by atoms with E-state index in [0.29, 0.717) is 5.56 Å². The number of esters is 1. The molecule has 0 unspecified atom stereocenters. The van der Waals surface area contributed by atoms with Crippen LogP contribution in [0.25, 0.3) is 16.7 Å². The van der Waals surface area contributed by atoms with Gasteiger partial charge in [-0.1, -0.05) is 48.5 Å². The van der Waals surface area contributed by atoms with Gasteiger partial charge in [0.05, 0.1) is 29.7 Å². The highest BCUT2D eigenvalue weighted by molar-refractivity contribution is 5.98. The minimum atomic E-state index is -4.82. The van der Waals surface area contributed by atoms with Gasteiger partial charge in [-0.05, 0) is 42.8 Å². The van der Waals surface area contributed by atoms with Crippen LogP contribution in [0.2, 0.25) is 0 Å². The van der Waals surface area contributed by atoms with Gasteiger partial charge in [-0.3, -0.25) is 14.0 Å². The number of nitrogens with zero attached hydrogens (tertiary/aromatic N) is 4. The van der Waals surface area contributed by atoms with Crippen LogP contribution in [0.3, 0.4) is 0 Å². The highest BCUT2D eigenvalue weighted by Crippen LogP contribution is 2.32. The van der Waals surface area contributed by atoms with E-state index in [2.05, 4.69) is 9.98 Å². The highest BCUT2D eigenvalue weighted by atomic mass is 19.4. The van der Waals surface area contributed by atoms with Crippen LogP contribution in [-0.4, -0.2) is 32.4 Å². The minimum absolute atomic E-state index is 0.00688. The van der Waals surface area contributed by atoms with Crippen molar-refractivity contribution in [3.8, 4) is 0 Å². The zero-order valence-electron chi connectivity index (χ0n) is 21.1. The summed E-state index contributed by atoms with van der Waals surface area (Å²) in [4.78, 5) is 48.5. The van der Waals surface area contributed by atoms with Crippen molar-refractivity contribution in [2.45, 2.75) is 19.6 Å². The molecule has 1 amide bonds. The maximum atomic E-state index is 13.7. The van der Waals surface area contributed by atoms with E-state index in [4.69, 9.17) is 4.74 Å². The number of fused-ring (bicyclic) bond motifs is 2. The topological polar surface area (TPSA) is 95.0 Å². The van der Waals surface area contributed by atoms with Crippen LogP contribution in [-0.2, 0) is 17.5 Å². The molecule has 3 heterocycles. The molecule has 8 nitrogen and oxygen atoms in total. The van der Waals surface area contributed by atoms with Crippen molar-refractivity contribution in [1.82, 2.24) is 14.0 Å². The number of benzene rings is 2. The number of amides is 1. The third-order valence-electron chi connectivity index (χ3n) is 6.14. The number of halogens is 3. The predicted molar refractivity (Wildman–Crippen MR) is 140 cm³/mol. The third kappa shape index (κ3) is 5.00. The van der Waals surface area contributed by atoms with E-state index >= 15 is 0 Å². The van der Waals surface area contributed by atoms with Crippen LogP contribution < -0.4 is 11.0 Å². The first-order valence-electron chi connectivity index (χ1n) is 12.2. The molecule has 40 heavy (non-hydrogen) atoms. The average Bonchev–Trinajstić information content (AvgIpc) is 2.94. The van der Waals surface area contributed by atoms with Gasteiger partial charge in [0.15, 0.2) is 5.49 Å². The SMILES string of the molecule is CCOC(=O)c1cc2c(=O)n3ccccc3nc2n(Cc2ccccc2)c1=NC(=O)c1ccccc1C(F)(F)F. The number of alkyl halides is 3. The molecule has 2 aromatic carbocycles. The first kappa shape index (κ1) is 26.5. The fourth-order valence-electron chi connectivity index (χ4n) is 4.35. The highest BCUT2D eigenvalue weighted by Gasteiger charge is 2.35. The van der Waals surface area contributed by atoms with E-state index < -0.39 is 34.7 Å². The van der Waals surface area contributed by atoms with E-state index in [0.717, 1.165) is 18.2 Å². The molecule has 0 saturated heterocycles. The monoisotopic (exact) mass is 546 g/mol. The van der Waals surface area contributed by atoms with Crippen LogP contribution in [0, 0.1) is 0 Å². The maximum Gasteiger partial charge on any atom is 0.417 e. The van der Waals surface area contributed by atoms with Gasteiger partial charge in [0.2, 0.25) is 0 Å². The minimum Gasteiger partial charge on any atom is -0.462 e. The van der Waals surface area contributed by atoms with Crippen LogP contribution >= 0.6 is 0 Å². The summed E-state index contributed by atoms with van der Waals surface area (Å²) in [6.07, 6.45) is -3.30.